The van der Waals surface area contributed by atoms with Crippen molar-refractivity contribution in [1.29, 1.82) is 0 Å². The van der Waals surface area contributed by atoms with Crippen LogP contribution < -0.4 is 5.32 Å². The first-order valence-corrected chi connectivity index (χ1v) is 8.28. The minimum absolute atomic E-state index is 0.0948. The van der Waals surface area contributed by atoms with E-state index in [2.05, 4.69) is 5.32 Å². The maximum absolute atomic E-state index is 12.0. The van der Waals surface area contributed by atoms with Crippen molar-refractivity contribution in [2.45, 2.75) is 19.9 Å². The lowest BCUT2D eigenvalue weighted by atomic mass is 10.2. The van der Waals surface area contributed by atoms with E-state index >= 15 is 0 Å². The van der Waals surface area contributed by atoms with Crippen molar-refractivity contribution in [3.63, 3.8) is 0 Å². The Bertz CT molecular complexity index is 632. The van der Waals surface area contributed by atoms with Gasteiger partial charge in [0.25, 0.3) is 0 Å². The molecule has 0 saturated carbocycles. The standard InChI is InChI=1S/C14H17NO4S2/c1-3-19-14(17)13-9(8-15-11(16)4-6-18-2)12-10(21-13)5-7-20-12/h5,7H,3-4,6,8H2,1-2H3,(H,15,16). The van der Waals surface area contributed by atoms with Gasteiger partial charge in [0.15, 0.2) is 0 Å². The lowest BCUT2D eigenvalue weighted by molar-refractivity contribution is -0.122. The number of amides is 1. The summed E-state index contributed by atoms with van der Waals surface area (Å²) in [7, 11) is 1.56. The van der Waals surface area contributed by atoms with Crippen molar-refractivity contribution in [2.75, 3.05) is 20.3 Å². The van der Waals surface area contributed by atoms with Crippen LogP contribution in [0.3, 0.4) is 0 Å². The molecule has 0 unspecified atom stereocenters. The normalized spacial score (nSPS) is 10.8. The molecule has 5 nitrogen and oxygen atoms in total. The Labute approximate surface area is 130 Å². The molecule has 2 aromatic rings. The molecule has 2 heterocycles. The number of rotatable bonds is 7. The summed E-state index contributed by atoms with van der Waals surface area (Å²) in [5.74, 6) is -0.422. The summed E-state index contributed by atoms with van der Waals surface area (Å²) in [6.07, 6.45) is 0.308. The summed E-state index contributed by atoms with van der Waals surface area (Å²) in [5.41, 5.74) is 0.842. The Morgan fingerprint density at radius 1 is 1.38 bits per heavy atom. The van der Waals surface area contributed by atoms with Gasteiger partial charge in [0.05, 0.1) is 17.9 Å². The van der Waals surface area contributed by atoms with Gasteiger partial charge in [0, 0.05) is 30.3 Å². The zero-order chi connectivity index (χ0) is 15.2. The zero-order valence-corrected chi connectivity index (χ0v) is 13.6. The number of carbonyl (C=O) groups is 2. The van der Waals surface area contributed by atoms with Crippen molar-refractivity contribution in [2.24, 2.45) is 0 Å². The molecule has 21 heavy (non-hydrogen) atoms. The third kappa shape index (κ3) is 3.81. The minimum Gasteiger partial charge on any atom is -0.462 e. The van der Waals surface area contributed by atoms with Crippen LogP contribution in [0.4, 0.5) is 0 Å². The number of nitrogens with one attached hydrogen (secondary N) is 1. The second-order valence-corrected chi connectivity index (χ2v) is 6.23. The second-order valence-electron chi connectivity index (χ2n) is 4.26. The highest BCUT2D eigenvalue weighted by Gasteiger charge is 2.20. The Kier molecular flexibility index (Phi) is 5.72. The van der Waals surface area contributed by atoms with Gasteiger partial charge in [-0.1, -0.05) is 0 Å². The molecule has 0 atom stereocenters. The molecule has 0 aliphatic heterocycles. The van der Waals surface area contributed by atoms with E-state index < -0.39 is 0 Å². The Balaban J connectivity index is 2.16. The van der Waals surface area contributed by atoms with E-state index in [0.717, 1.165) is 15.0 Å². The lowest BCUT2D eigenvalue weighted by Gasteiger charge is -2.06. The van der Waals surface area contributed by atoms with E-state index in [0.29, 0.717) is 31.1 Å². The first kappa shape index (κ1) is 15.9. The molecular weight excluding hydrogens is 310 g/mol. The lowest BCUT2D eigenvalue weighted by Crippen LogP contribution is -2.24. The molecule has 114 valence electrons. The number of carbonyl (C=O) groups excluding carboxylic acids is 2. The number of thiophene rings is 2. The van der Waals surface area contributed by atoms with Gasteiger partial charge >= 0.3 is 5.97 Å². The third-order valence-corrected chi connectivity index (χ3v) is 5.13. The highest BCUT2D eigenvalue weighted by atomic mass is 32.1. The van der Waals surface area contributed by atoms with Gasteiger partial charge in [-0.2, -0.15) is 0 Å². The van der Waals surface area contributed by atoms with Crippen LogP contribution in [0.1, 0.15) is 28.6 Å². The first-order valence-electron chi connectivity index (χ1n) is 6.59. The van der Waals surface area contributed by atoms with Crippen LogP contribution in [-0.4, -0.2) is 32.2 Å². The fourth-order valence-electron chi connectivity index (χ4n) is 1.86. The fraction of sp³-hybridized carbons (Fsp3) is 0.429. The molecule has 0 radical (unpaired) electrons. The zero-order valence-electron chi connectivity index (χ0n) is 11.9. The molecule has 0 spiro atoms. The average molecular weight is 327 g/mol. The number of hydrogen-bond acceptors (Lipinski definition) is 6. The van der Waals surface area contributed by atoms with E-state index in [9.17, 15) is 9.59 Å². The molecule has 1 N–H and O–H groups in total. The predicted octanol–water partition coefficient (Wildman–Crippen LogP) is 2.79. The van der Waals surface area contributed by atoms with Crippen molar-refractivity contribution in [1.82, 2.24) is 5.32 Å². The van der Waals surface area contributed by atoms with Gasteiger partial charge in [-0.05, 0) is 18.4 Å². The summed E-state index contributed by atoms with van der Waals surface area (Å²) in [6, 6.07) is 1.98. The second kappa shape index (κ2) is 7.53. The van der Waals surface area contributed by atoms with Gasteiger partial charge in [0.2, 0.25) is 5.91 Å². The Morgan fingerprint density at radius 2 is 2.19 bits per heavy atom. The van der Waals surface area contributed by atoms with Crippen molar-refractivity contribution >= 4 is 43.9 Å². The molecule has 7 heteroatoms. The van der Waals surface area contributed by atoms with Crippen molar-refractivity contribution < 1.29 is 19.1 Å². The molecule has 0 bridgehead atoms. The molecule has 0 fully saturated rings. The molecule has 0 aromatic carbocycles. The van der Waals surface area contributed by atoms with Gasteiger partial charge in [-0.15, -0.1) is 22.7 Å². The summed E-state index contributed by atoms with van der Waals surface area (Å²) < 4.78 is 12.0. The molecule has 0 aliphatic carbocycles. The number of fused-ring (bicyclic) bond motifs is 1. The molecule has 0 saturated heterocycles. The van der Waals surface area contributed by atoms with Gasteiger partial charge in [-0.3, -0.25) is 4.79 Å². The third-order valence-electron chi connectivity index (χ3n) is 2.85. The van der Waals surface area contributed by atoms with Crippen LogP contribution in [0.15, 0.2) is 11.4 Å². The van der Waals surface area contributed by atoms with Gasteiger partial charge in [-0.25, -0.2) is 4.79 Å². The van der Waals surface area contributed by atoms with Gasteiger partial charge in [0.1, 0.15) is 4.88 Å². The van der Waals surface area contributed by atoms with Gasteiger partial charge < -0.3 is 14.8 Å². The van der Waals surface area contributed by atoms with E-state index in [1.807, 2.05) is 11.4 Å². The van der Waals surface area contributed by atoms with E-state index in [1.165, 1.54) is 11.3 Å². The highest BCUT2D eigenvalue weighted by Crippen LogP contribution is 2.35. The molecular formula is C14H17NO4S2. The Hall–Kier alpha value is -1.44. The maximum atomic E-state index is 12.0. The number of hydrogen-bond donors (Lipinski definition) is 1. The molecule has 2 aromatic heterocycles. The average Bonchev–Trinajstić information content (AvgIpc) is 3.04. The van der Waals surface area contributed by atoms with Crippen LogP contribution in [-0.2, 0) is 20.8 Å². The largest absolute Gasteiger partial charge is 0.462 e. The smallest absolute Gasteiger partial charge is 0.348 e. The number of esters is 1. The number of methoxy groups -OCH3 is 1. The van der Waals surface area contributed by atoms with E-state index in [1.54, 1.807) is 25.4 Å². The molecule has 0 aliphatic rings. The summed E-state index contributed by atoms with van der Waals surface area (Å²) in [4.78, 5) is 24.3. The highest BCUT2D eigenvalue weighted by molar-refractivity contribution is 7.28. The molecule has 2 rings (SSSR count). The summed E-state index contributed by atoms with van der Waals surface area (Å²) in [6.45, 7) is 2.83. The van der Waals surface area contributed by atoms with Crippen molar-refractivity contribution in [3.05, 3.63) is 21.9 Å². The molecule has 1 amide bonds. The van der Waals surface area contributed by atoms with Crippen LogP contribution in [0.2, 0.25) is 0 Å². The number of ether oxygens (including phenoxy) is 2. The van der Waals surface area contributed by atoms with Crippen molar-refractivity contribution in [3.8, 4) is 0 Å². The van der Waals surface area contributed by atoms with E-state index in [-0.39, 0.29) is 11.9 Å². The van der Waals surface area contributed by atoms with Crippen LogP contribution in [0.25, 0.3) is 9.40 Å². The summed E-state index contributed by atoms with van der Waals surface area (Å²) >= 11 is 2.97. The van der Waals surface area contributed by atoms with E-state index in [4.69, 9.17) is 9.47 Å². The predicted molar refractivity (Wildman–Crippen MR) is 84.0 cm³/mol. The van der Waals surface area contributed by atoms with Crippen LogP contribution in [0.5, 0.6) is 0 Å². The fourth-order valence-corrected chi connectivity index (χ4v) is 4.14. The topological polar surface area (TPSA) is 64.6 Å². The van der Waals surface area contributed by atoms with Crippen LogP contribution >= 0.6 is 22.7 Å². The minimum atomic E-state index is -0.327. The van der Waals surface area contributed by atoms with Crippen LogP contribution in [0, 0.1) is 0 Å². The monoisotopic (exact) mass is 327 g/mol. The first-order chi connectivity index (χ1) is 10.2. The Morgan fingerprint density at radius 3 is 2.90 bits per heavy atom. The maximum Gasteiger partial charge on any atom is 0.348 e. The summed E-state index contributed by atoms with van der Waals surface area (Å²) in [5, 5.41) is 4.80. The quantitative estimate of drug-likeness (QED) is 0.794. The SMILES string of the molecule is CCOC(=O)c1sc2ccsc2c1CNC(=O)CCOC.